The lowest BCUT2D eigenvalue weighted by atomic mass is 9.68. The summed E-state index contributed by atoms with van der Waals surface area (Å²) in [6.45, 7) is 2.33. The molecule has 0 saturated heterocycles. The first kappa shape index (κ1) is 26.0. The van der Waals surface area contributed by atoms with Crippen LogP contribution in [0.4, 0.5) is 4.39 Å². The van der Waals surface area contributed by atoms with Gasteiger partial charge in [-0.1, -0.05) is 69.7 Å². The second kappa shape index (κ2) is 13.8. The van der Waals surface area contributed by atoms with Crippen LogP contribution < -0.4 is 0 Å². The number of hydrogen-bond donors (Lipinski definition) is 0. The Hall–Kier alpha value is -1.11. The molecule has 0 spiro atoms. The first-order valence-electron chi connectivity index (χ1n) is 15.1. The van der Waals surface area contributed by atoms with Crippen LogP contribution in [-0.4, -0.2) is 0 Å². The molecule has 190 valence electrons. The molecule has 1 aromatic rings. The second-order valence-electron chi connectivity index (χ2n) is 12.3. The Labute approximate surface area is 210 Å². The molecule has 1 heteroatoms. The molecule has 0 N–H and O–H groups in total. The van der Waals surface area contributed by atoms with Crippen LogP contribution in [0, 0.1) is 41.3 Å². The van der Waals surface area contributed by atoms with E-state index in [-0.39, 0.29) is 5.82 Å². The molecule has 0 aliphatic heterocycles. The smallest absolute Gasteiger partial charge is 0.123 e. The van der Waals surface area contributed by atoms with Crippen molar-refractivity contribution in [2.75, 3.05) is 0 Å². The Kier molecular flexibility index (Phi) is 10.6. The number of benzene rings is 1. The predicted octanol–water partition coefficient (Wildman–Crippen LogP) is 10.3. The number of aryl methyl sites for hydroxylation is 1. The maximum atomic E-state index is 13.1. The van der Waals surface area contributed by atoms with Gasteiger partial charge < -0.3 is 0 Å². The average molecular weight is 467 g/mol. The van der Waals surface area contributed by atoms with E-state index in [9.17, 15) is 4.39 Å². The lowest BCUT2D eigenvalue weighted by Gasteiger charge is -2.37. The van der Waals surface area contributed by atoms with Crippen molar-refractivity contribution in [3.8, 4) is 0 Å². The third-order valence-electron chi connectivity index (χ3n) is 9.89. The van der Waals surface area contributed by atoms with E-state index in [2.05, 4.69) is 19.1 Å². The Balaban J connectivity index is 1.08. The molecular formula is C33H51F. The molecule has 0 aromatic heterocycles. The minimum absolute atomic E-state index is 0.121. The summed E-state index contributed by atoms with van der Waals surface area (Å²) in [7, 11) is 0. The standard InChI is InChI=1S/C33H51F/c1-2-3-4-5-26-14-20-31(21-15-26)32-22-16-29(17-23-32)12-10-27-6-8-28(9-7-27)11-13-30-18-24-33(34)25-19-30/h10,12,18-19,24-29,31-32H,2-9,11,13-17,20-23H2,1H3/b12-10+/t26-,27-,28-,29?,31-,32?. The van der Waals surface area contributed by atoms with Gasteiger partial charge in [-0.2, -0.15) is 0 Å². The third-order valence-corrected chi connectivity index (χ3v) is 9.89. The van der Waals surface area contributed by atoms with Crippen molar-refractivity contribution in [1.29, 1.82) is 0 Å². The summed E-state index contributed by atoms with van der Waals surface area (Å²) in [6, 6.07) is 7.12. The SMILES string of the molecule is CCCCC[C@H]1CC[C@H](C2CCC(/C=C/[C@H]3CC[C@H](CCc4ccc(F)cc4)CC3)CC2)CC1. The molecule has 0 unspecified atom stereocenters. The summed E-state index contributed by atoms with van der Waals surface area (Å²) in [4.78, 5) is 0. The predicted molar refractivity (Wildman–Crippen MR) is 144 cm³/mol. The third kappa shape index (κ3) is 8.23. The van der Waals surface area contributed by atoms with Gasteiger partial charge in [0, 0.05) is 0 Å². The van der Waals surface area contributed by atoms with E-state index in [0.29, 0.717) is 0 Å². The van der Waals surface area contributed by atoms with Crippen molar-refractivity contribution in [1.82, 2.24) is 0 Å². The van der Waals surface area contributed by atoms with Gasteiger partial charge >= 0.3 is 0 Å². The maximum Gasteiger partial charge on any atom is 0.123 e. The lowest BCUT2D eigenvalue weighted by Crippen LogP contribution is -2.25. The number of rotatable bonds is 10. The fraction of sp³-hybridized carbons (Fsp3) is 0.758. The van der Waals surface area contributed by atoms with Crippen LogP contribution in [-0.2, 0) is 6.42 Å². The van der Waals surface area contributed by atoms with Gasteiger partial charge in [-0.25, -0.2) is 4.39 Å². The molecule has 0 heterocycles. The largest absolute Gasteiger partial charge is 0.207 e. The second-order valence-corrected chi connectivity index (χ2v) is 12.3. The first-order valence-corrected chi connectivity index (χ1v) is 15.1. The number of unbranched alkanes of at least 4 members (excludes halogenated alkanes) is 2. The van der Waals surface area contributed by atoms with Crippen molar-refractivity contribution in [2.45, 2.75) is 122 Å². The quantitative estimate of drug-likeness (QED) is 0.237. The van der Waals surface area contributed by atoms with Gasteiger partial charge in [-0.15, -0.1) is 0 Å². The van der Waals surface area contributed by atoms with Gasteiger partial charge in [-0.3, -0.25) is 0 Å². The molecule has 3 aliphatic carbocycles. The highest BCUT2D eigenvalue weighted by Crippen LogP contribution is 2.43. The Morgan fingerprint density at radius 2 is 1.15 bits per heavy atom. The maximum absolute atomic E-state index is 13.1. The first-order chi connectivity index (χ1) is 16.7. The Bertz CT molecular complexity index is 695. The minimum Gasteiger partial charge on any atom is -0.207 e. The van der Waals surface area contributed by atoms with Crippen molar-refractivity contribution in [3.05, 3.63) is 47.8 Å². The van der Waals surface area contributed by atoms with Gasteiger partial charge in [0.1, 0.15) is 5.82 Å². The molecule has 0 bridgehead atoms. The summed E-state index contributed by atoms with van der Waals surface area (Å²) in [5.41, 5.74) is 1.29. The van der Waals surface area contributed by atoms with Crippen LogP contribution in [0.25, 0.3) is 0 Å². The van der Waals surface area contributed by atoms with E-state index in [1.54, 1.807) is 12.1 Å². The summed E-state index contributed by atoms with van der Waals surface area (Å²) in [5.74, 6) is 5.58. The van der Waals surface area contributed by atoms with Crippen LogP contribution in [0.1, 0.15) is 122 Å². The van der Waals surface area contributed by atoms with Crippen LogP contribution in [0.5, 0.6) is 0 Å². The van der Waals surface area contributed by atoms with Crippen LogP contribution in [0.2, 0.25) is 0 Å². The van der Waals surface area contributed by atoms with E-state index >= 15 is 0 Å². The monoisotopic (exact) mass is 466 g/mol. The Morgan fingerprint density at radius 1 is 0.647 bits per heavy atom. The highest BCUT2D eigenvalue weighted by atomic mass is 19.1. The zero-order valence-electron chi connectivity index (χ0n) is 22.0. The lowest BCUT2D eigenvalue weighted by molar-refractivity contribution is 0.151. The van der Waals surface area contributed by atoms with Gasteiger partial charge in [0.05, 0.1) is 0 Å². The highest BCUT2D eigenvalue weighted by molar-refractivity contribution is 5.16. The summed E-state index contributed by atoms with van der Waals surface area (Å²) in [6.07, 6.45) is 30.9. The zero-order valence-corrected chi connectivity index (χ0v) is 22.0. The van der Waals surface area contributed by atoms with Crippen LogP contribution in [0.15, 0.2) is 36.4 Å². The van der Waals surface area contributed by atoms with Crippen molar-refractivity contribution in [2.24, 2.45) is 35.5 Å². The molecule has 0 nitrogen and oxygen atoms in total. The molecule has 1 aromatic carbocycles. The topological polar surface area (TPSA) is 0 Å². The fourth-order valence-corrected chi connectivity index (χ4v) is 7.45. The molecule has 3 saturated carbocycles. The number of hydrogen-bond acceptors (Lipinski definition) is 0. The van der Waals surface area contributed by atoms with Crippen molar-refractivity contribution < 1.29 is 4.39 Å². The molecule has 0 atom stereocenters. The van der Waals surface area contributed by atoms with Crippen molar-refractivity contribution >= 4 is 0 Å². The number of halogens is 1. The van der Waals surface area contributed by atoms with E-state index in [1.807, 2.05) is 12.1 Å². The molecule has 4 rings (SSSR count). The minimum atomic E-state index is -0.121. The molecular weight excluding hydrogens is 415 g/mol. The number of allylic oxidation sites excluding steroid dienone is 2. The van der Waals surface area contributed by atoms with Gasteiger partial charge in [0.2, 0.25) is 0 Å². The van der Waals surface area contributed by atoms with Crippen LogP contribution >= 0.6 is 0 Å². The molecule has 3 fully saturated rings. The normalized spacial score (nSPS) is 32.8. The van der Waals surface area contributed by atoms with Crippen molar-refractivity contribution in [3.63, 3.8) is 0 Å². The molecule has 34 heavy (non-hydrogen) atoms. The average Bonchev–Trinajstić information content (AvgIpc) is 2.89. The van der Waals surface area contributed by atoms with E-state index in [0.717, 1.165) is 41.9 Å². The zero-order chi connectivity index (χ0) is 23.6. The highest BCUT2D eigenvalue weighted by Gasteiger charge is 2.30. The molecule has 0 amide bonds. The van der Waals surface area contributed by atoms with Crippen LogP contribution in [0.3, 0.4) is 0 Å². The van der Waals surface area contributed by atoms with E-state index < -0.39 is 0 Å². The Morgan fingerprint density at radius 3 is 1.74 bits per heavy atom. The van der Waals surface area contributed by atoms with Gasteiger partial charge in [0.15, 0.2) is 0 Å². The molecule has 0 radical (unpaired) electrons. The van der Waals surface area contributed by atoms with Gasteiger partial charge in [0.25, 0.3) is 0 Å². The fourth-order valence-electron chi connectivity index (χ4n) is 7.45. The summed E-state index contributed by atoms with van der Waals surface area (Å²) in [5, 5.41) is 0. The van der Waals surface area contributed by atoms with Gasteiger partial charge in [-0.05, 0) is 130 Å². The summed E-state index contributed by atoms with van der Waals surface area (Å²) >= 11 is 0. The van der Waals surface area contributed by atoms with E-state index in [1.165, 1.54) is 115 Å². The summed E-state index contributed by atoms with van der Waals surface area (Å²) < 4.78 is 13.1. The molecule has 3 aliphatic rings. The van der Waals surface area contributed by atoms with E-state index in [4.69, 9.17) is 0 Å².